The van der Waals surface area contributed by atoms with Crippen LogP contribution >= 0.6 is 11.3 Å². The van der Waals surface area contributed by atoms with Crippen molar-refractivity contribution < 1.29 is 4.74 Å². The van der Waals surface area contributed by atoms with Gasteiger partial charge in [0.1, 0.15) is 0 Å². The SMILES string of the molecule is CC(C)CCOCCNCc1ccsc1. The Balaban J connectivity index is 1.85. The van der Waals surface area contributed by atoms with Crippen molar-refractivity contribution in [2.24, 2.45) is 5.92 Å². The van der Waals surface area contributed by atoms with Crippen molar-refractivity contribution in [3.63, 3.8) is 0 Å². The van der Waals surface area contributed by atoms with Crippen molar-refractivity contribution in [1.29, 1.82) is 0 Å². The van der Waals surface area contributed by atoms with E-state index in [0.717, 1.165) is 38.6 Å². The van der Waals surface area contributed by atoms with E-state index in [4.69, 9.17) is 4.74 Å². The van der Waals surface area contributed by atoms with Crippen molar-refractivity contribution >= 4 is 11.3 Å². The van der Waals surface area contributed by atoms with Gasteiger partial charge in [-0.05, 0) is 34.7 Å². The van der Waals surface area contributed by atoms with Gasteiger partial charge in [-0.2, -0.15) is 11.3 Å². The molecule has 0 aliphatic rings. The summed E-state index contributed by atoms with van der Waals surface area (Å²) in [7, 11) is 0. The molecule has 0 bridgehead atoms. The zero-order chi connectivity index (χ0) is 10.9. The van der Waals surface area contributed by atoms with Gasteiger partial charge in [0, 0.05) is 19.7 Å². The van der Waals surface area contributed by atoms with E-state index in [2.05, 4.69) is 36.0 Å². The third kappa shape index (κ3) is 6.66. The molecule has 0 saturated heterocycles. The number of hydrogen-bond acceptors (Lipinski definition) is 3. The molecule has 0 saturated carbocycles. The molecule has 0 spiro atoms. The molecule has 0 aliphatic carbocycles. The Morgan fingerprint density at radius 2 is 2.27 bits per heavy atom. The molecule has 1 N–H and O–H groups in total. The number of rotatable bonds is 8. The minimum absolute atomic E-state index is 0.740. The minimum atomic E-state index is 0.740. The Bertz CT molecular complexity index is 234. The molecule has 0 aliphatic heterocycles. The molecule has 86 valence electrons. The molecular weight excluding hydrogens is 206 g/mol. The fourth-order valence-electron chi connectivity index (χ4n) is 1.19. The molecule has 3 heteroatoms. The van der Waals surface area contributed by atoms with Gasteiger partial charge in [-0.3, -0.25) is 0 Å². The van der Waals surface area contributed by atoms with E-state index in [-0.39, 0.29) is 0 Å². The molecule has 0 radical (unpaired) electrons. The second-order valence-electron chi connectivity index (χ2n) is 4.10. The van der Waals surface area contributed by atoms with E-state index in [1.807, 2.05) is 0 Å². The van der Waals surface area contributed by atoms with Gasteiger partial charge in [0.25, 0.3) is 0 Å². The van der Waals surface area contributed by atoms with E-state index in [1.165, 1.54) is 5.56 Å². The maximum absolute atomic E-state index is 5.50. The molecule has 0 unspecified atom stereocenters. The summed E-state index contributed by atoms with van der Waals surface area (Å²) >= 11 is 1.74. The largest absolute Gasteiger partial charge is 0.380 e. The molecule has 0 amide bonds. The zero-order valence-corrected chi connectivity index (χ0v) is 10.5. The van der Waals surface area contributed by atoms with Crippen LogP contribution in [0.4, 0.5) is 0 Å². The fourth-order valence-corrected chi connectivity index (χ4v) is 1.86. The lowest BCUT2D eigenvalue weighted by Crippen LogP contribution is -2.19. The van der Waals surface area contributed by atoms with Crippen LogP contribution < -0.4 is 5.32 Å². The zero-order valence-electron chi connectivity index (χ0n) is 9.66. The average molecular weight is 227 g/mol. The van der Waals surface area contributed by atoms with Crippen LogP contribution in [0.2, 0.25) is 0 Å². The van der Waals surface area contributed by atoms with Crippen LogP contribution in [-0.4, -0.2) is 19.8 Å². The van der Waals surface area contributed by atoms with Crippen LogP contribution in [0.25, 0.3) is 0 Å². The fraction of sp³-hybridized carbons (Fsp3) is 0.667. The summed E-state index contributed by atoms with van der Waals surface area (Å²) in [6, 6.07) is 2.15. The monoisotopic (exact) mass is 227 g/mol. The van der Waals surface area contributed by atoms with Crippen molar-refractivity contribution in [2.45, 2.75) is 26.8 Å². The average Bonchev–Trinajstić information content (AvgIpc) is 2.68. The van der Waals surface area contributed by atoms with Crippen molar-refractivity contribution in [3.8, 4) is 0 Å². The van der Waals surface area contributed by atoms with E-state index in [0.29, 0.717) is 0 Å². The lowest BCUT2D eigenvalue weighted by Gasteiger charge is -2.07. The highest BCUT2D eigenvalue weighted by Crippen LogP contribution is 2.04. The normalized spacial score (nSPS) is 11.1. The number of nitrogens with one attached hydrogen (secondary N) is 1. The van der Waals surface area contributed by atoms with Gasteiger partial charge in [0.05, 0.1) is 6.61 Å². The summed E-state index contributed by atoms with van der Waals surface area (Å²) in [6.45, 7) is 8.04. The Kier molecular flexibility index (Phi) is 6.64. The summed E-state index contributed by atoms with van der Waals surface area (Å²) < 4.78 is 5.50. The second kappa shape index (κ2) is 7.85. The van der Waals surface area contributed by atoms with Gasteiger partial charge in [-0.25, -0.2) is 0 Å². The first kappa shape index (κ1) is 12.7. The van der Waals surface area contributed by atoms with Gasteiger partial charge in [0.15, 0.2) is 0 Å². The maximum Gasteiger partial charge on any atom is 0.0591 e. The molecule has 1 aromatic rings. The van der Waals surface area contributed by atoms with Crippen LogP contribution in [-0.2, 0) is 11.3 Å². The summed E-state index contributed by atoms with van der Waals surface area (Å²) in [4.78, 5) is 0. The third-order valence-corrected chi connectivity index (χ3v) is 2.90. The highest BCUT2D eigenvalue weighted by molar-refractivity contribution is 7.07. The lowest BCUT2D eigenvalue weighted by atomic mass is 10.1. The molecule has 15 heavy (non-hydrogen) atoms. The molecule has 0 atom stereocenters. The Morgan fingerprint density at radius 1 is 1.40 bits per heavy atom. The first-order valence-electron chi connectivity index (χ1n) is 5.58. The van der Waals surface area contributed by atoms with Gasteiger partial charge in [-0.15, -0.1) is 0 Å². The molecule has 1 aromatic heterocycles. The van der Waals surface area contributed by atoms with Crippen molar-refractivity contribution in [2.75, 3.05) is 19.8 Å². The summed E-state index contributed by atoms with van der Waals surface area (Å²) in [5, 5.41) is 7.64. The molecule has 1 rings (SSSR count). The topological polar surface area (TPSA) is 21.3 Å². The van der Waals surface area contributed by atoms with Crippen LogP contribution in [0.3, 0.4) is 0 Å². The van der Waals surface area contributed by atoms with E-state index >= 15 is 0 Å². The molecule has 0 fully saturated rings. The summed E-state index contributed by atoms with van der Waals surface area (Å²) in [5.41, 5.74) is 1.36. The van der Waals surface area contributed by atoms with Crippen molar-refractivity contribution in [3.05, 3.63) is 22.4 Å². The predicted molar refractivity (Wildman–Crippen MR) is 66.3 cm³/mol. The Hall–Kier alpha value is -0.380. The van der Waals surface area contributed by atoms with Crippen LogP contribution in [0.5, 0.6) is 0 Å². The quantitative estimate of drug-likeness (QED) is 0.690. The van der Waals surface area contributed by atoms with E-state index in [1.54, 1.807) is 11.3 Å². The second-order valence-corrected chi connectivity index (χ2v) is 4.88. The lowest BCUT2D eigenvalue weighted by molar-refractivity contribution is 0.125. The highest BCUT2D eigenvalue weighted by atomic mass is 32.1. The van der Waals surface area contributed by atoms with Crippen LogP contribution in [0.15, 0.2) is 16.8 Å². The van der Waals surface area contributed by atoms with Gasteiger partial charge in [0.2, 0.25) is 0 Å². The first-order valence-corrected chi connectivity index (χ1v) is 6.53. The number of thiophene rings is 1. The smallest absolute Gasteiger partial charge is 0.0591 e. The molecule has 2 nitrogen and oxygen atoms in total. The predicted octanol–water partition coefficient (Wildman–Crippen LogP) is 2.90. The van der Waals surface area contributed by atoms with Gasteiger partial charge >= 0.3 is 0 Å². The number of ether oxygens (including phenoxy) is 1. The minimum Gasteiger partial charge on any atom is -0.380 e. The van der Waals surface area contributed by atoms with Crippen LogP contribution in [0, 0.1) is 5.92 Å². The molecule has 0 aromatic carbocycles. The Labute approximate surface area is 96.7 Å². The van der Waals surface area contributed by atoms with E-state index in [9.17, 15) is 0 Å². The third-order valence-electron chi connectivity index (χ3n) is 2.17. The Morgan fingerprint density at radius 3 is 2.93 bits per heavy atom. The van der Waals surface area contributed by atoms with Gasteiger partial charge < -0.3 is 10.1 Å². The molecule has 1 heterocycles. The standard InChI is InChI=1S/C12H21NOS/c1-11(2)3-6-14-7-5-13-9-12-4-8-15-10-12/h4,8,10-11,13H,3,5-7,9H2,1-2H3. The van der Waals surface area contributed by atoms with Crippen LogP contribution in [0.1, 0.15) is 25.8 Å². The first-order chi connectivity index (χ1) is 7.29. The summed E-state index contributed by atoms with van der Waals surface area (Å²) in [6.07, 6.45) is 1.16. The van der Waals surface area contributed by atoms with Gasteiger partial charge in [-0.1, -0.05) is 13.8 Å². The highest BCUT2D eigenvalue weighted by Gasteiger charge is 1.94. The number of hydrogen-bond donors (Lipinski definition) is 1. The van der Waals surface area contributed by atoms with E-state index < -0.39 is 0 Å². The molecular formula is C12H21NOS. The summed E-state index contributed by atoms with van der Waals surface area (Å²) in [5.74, 6) is 0.740. The maximum atomic E-state index is 5.50. The van der Waals surface area contributed by atoms with Crippen molar-refractivity contribution in [1.82, 2.24) is 5.32 Å².